The summed E-state index contributed by atoms with van der Waals surface area (Å²) >= 11 is 3.90. The molecule has 1 saturated heterocycles. The first kappa shape index (κ1) is 39.6. The van der Waals surface area contributed by atoms with Gasteiger partial charge in [-0.2, -0.15) is 23.5 Å². The smallest absolute Gasteiger partial charge is 0.407 e. The fraction of sp³-hybridized carbons (Fsp3) is 0.944. The van der Waals surface area contributed by atoms with Crippen LogP contribution in [0.25, 0.3) is 0 Å². The summed E-state index contributed by atoms with van der Waals surface area (Å²) < 4.78 is 10.8. The van der Waals surface area contributed by atoms with E-state index in [1.807, 2.05) is 65.1 Å². The summed E-state index contributed by atoms with van der Waals surface area (Å²) in [5, 5.41) is 5.83. The van der Waals surface area contributed by atoms with E-state index in [0.29, 0.717) is 25.2 Å². The van der Waals surface area contributed by atoms with E-state index in [9.17, 15) is 9.59 Å². The van der Waals surface area contributed by atoms with Crippen LogP contribution in [0.3, 0.4) is 0 Å². The van der Waals surface area contributed by atoms with Gasteiger partial charge < -0.3 is 20.1 Å². The van der Waals surface area contributed by atoms with Gasteiger partial charge in [-0.1, -0.05) is 64.2 Å². The molecule has 10 heteroatoms. The first-order valence-corrected chi connectivity index (χ1v) is 20.8. The number of nitrogens with zero attached hydrogens (tertiary/aromatic N) is 2. The summed E-state index contributed by atoms with van der Waals surface area (Å²) in [6.07, 6.45) is 16.1. The average Bonchev–Trinajstić information content (AvgIpc) is 2.97. The second kappa shape index (κ2) is 20.6. The zero-order valence-electron chi connectivity index (χ0n) is 30.2. The monoisotopic (exact) mass is 684 g/mol. The van der Waals surface area contributed by atoms with Gasteiger partial charge in [-0.25, -0.2) is 9.59 Å². The number of hydrogen-bond donors (Lipinski definition) is 2. The highest BCUT2D eigenvalue weighted by molar-refractivity contribution is 7.99. The Bertz CT molecular complexity index is 799. The van der Waals surface area contributed by atoms with Gasteiger partial charge in [0, 0.05) is 74.4 Å². The van der Waals surface area contributed by atoms with Gasteiger partial charge in [0.15, 0.2) is 0 Å². The maximum absolute atomic E-state index is 12.0. The Balaban J connectivity index is 1.53. The Labute approximate surface area is 290 Å². The van der Waals surface area contributed by atoms with Crippen LogP contribution >= 0.6 is 23.5 Å². The van der Waals surface area contributed by atoms with Gasteiger partial charge in [-0.3, -0.25) is 9.80 Å². The minimum atomic E-state index is -0.460. The molecular formula is C36H68N4O4S2. The molecule has 1 aliphatic heterocycles. The van der Waals surface area contributed by atoms with Crippen LogP contribution in [0.1, 0.15) is 119 Å². The van der Waals surface area contributed by atoms with Crippen molar-refractivity contribution in [1.29, 1.82) is 0 Å². The fourth-order valence-electron chi connectivity index (χ4n) is 7.33. The number of thioether (sulfide) groups is 2. The summed E-state index contributed by atoms with van der Waals surface area (Å²) in [6.45, 7) is 17.3. The number of nitrogens with one attached hydrogen (secondary N) is 2. The summed E-state index contributed by atoms with van der Waals surface area (Å²) in [5.74, 6) is 5.78. The number of amides is 2. The van der Waals surface area contributed by atoms with Gasteiger partial charge >= 0.3 is 12.2 Å². The molecule has 3 aliphatic rings. The molecule has 268 valence electrons. The van der Waals surface area contributed by atoms with E-state index < -0.39 is 11.2 Å². The molecule has 1 heterocycles. The first-order valence-electron chi connectivity index (χ1n) is 18.5. The molecule has 2 N–H and O–H groups in total. The van der Waals surface area contributed by atoms with Crippen LogP contribution in [-0.2, 0) is 9.47 Å². The largest absolute Gasteiger partial charge is 0.444 e. The number of carbonyl (C=O) groups is 2. The molecule has 0 radical (unpaired) electrons. The van der Waals surface area contributed by atoms with E-state index in [-0.39, 0.29) is 12.2 Å². The first-order chi connectivity index (χ1) is 21.9. The van der Waals surface area contributed by atoms with Crippen molar-refractivity contribution in [2.24, 2.45) is 11.8 Å². The van der Waals surface area contributed by atoms with Gasteiger partial charge in [0.05, 0.1) is 0 Å². The lowest BCUT2D eigenvalue weighted by Crippen LogP contribution is -2.59. The summed E-state index contributed by atoms with van der Waals surface area (Å²) in [4.78, 5) is 29.8. The van der Waals surface area contributed by atoms with Crippen molar-refractivity contribution in [3.63, 3.8) is 0 Å². The Morgan fingerprint density at radius 2 is 0.978 bits per heavy atom. The summed E-state index contributed by atoms with van der Waals surface area (Å²) in [7, 11) is 0. The lowest BCUT2D eigenvalue weighted by molar-refractivity contribution is 0.0113. The van der Waals surface area contributed by atoms with E-state index in [0.717, 1.165) is 47.9 Å². The molecule has 2 unspecified atom stereocenters. The summed E-state index contributed by atoms with van der Waals surface area (Å²) in [6, 6.07) is 1.26. The predicted molar refractivity (Wildman–Crippen MR) is 196 cm³/mol. The third-order valence-electron chi connectivity index (χ3n) is 9.46. The molecule has 2 aliphatic carbocycles. The molecular weight excluding hydrogens is 617 g/mol. The third kappa shape index (κ3) is 17.0. The van der Waals surface area contributed by atoms with Crippen LogP contribution in [0.2, 0.25) is 0 Å². The predicted octanol–water partition coefficient (Wildman–Crippen LogP) is 7.80. The van der Waals surface area contributed by atoms with Crippen molar-refractivity contribution in [2.45, 2.75) is 142 Å². The van der Waals surface area contributed by atoms with E-state index >= 15 is 0 Å². The van der Waals surface area contributed by atoms with Crippen LogP contribution in [-0.4, -0.2) is 108 Å². The zero-order chi connectivity index (χ0) is 33.4. The second-order valence-corrected chi connectivity index (χ2v) is 18.3. The quantitative estimate of drug-likeness (QED) is 0.160. The van der Waals surface area contributed by atoms with E-state index in [4.69, 9.17) is 9.47 Å². The highest BCUT2D eigenvalue weighted by Gasteiger charge is 2.36. The van der Waals surface area contributed by atoms with Crippen LogP contribution in [0.4, 0.5) is 9.59 Å². The van der Waals surface area contributed by atoms with Gasteiger partial charge in [0.25, 0.3) is 0 Å². The Morgan fingerprint density at radius 1 is 0.609 bits per heavy atom. The second-order valence-electron chi connectivity index (χ2n) is 15.9. The highest BCUT2D eigenvalue weighted by Crippen LogP contribution is 2.34. The van der Waals surface area contributed by atoms with Crippen LogP contribution in [0, 0.1) is 11.8 Å². The van der Waals surface area contributed by atoms with E-state index in [2.05, 4.69) is 20.4 Å². The fourth-order valence-corrected chi connectivity index (χ4v) is 8.96. The lowest BCUT2D eigenvalue weighted by atomic mass is 9.81. The molecule has 2 amide bonds. The molecule has 3 fully saturated rings. The number of rotatable bonds is 16. The van der Waals surface area contributed by atoms with Crippen LogP contribution < -0.4 is 10.6 Å². The lowest BCUT2D eigenvalue weighted by Gasteiger charge is -2.49. The van der Waals surface area contributed by atoms with Gasteiger partial charge in [-0.05, 0) is 66.2 Å². The van der Waals surface area contributed by atoms with Crippen molar-refractivity contribution in [3.05, 3.63) is 0 Å². The number of carbonyl (C=O) groups excluding carboxylic acids is 2. The van der Waals surface area contributed by atoms with Crippen molar-refractivity contribution in [3.8, 4) is 0 Å². The maximum atomic E-state index is 12.0. The van der Waals surface area contributed by atoms with Crippen molar-refractivity contribution in [1.82, 2.24) is 20.4 Å². The topological polar surface area (TPSA) is 83.1 Å². The van der Waals surface area contributed by atoms with E-state index in [1.165, 1.54) is 90.1 Å². The molecule has 0 aromatic rings. The van der Waals surface area contributed by atoms with Crippen molar-refractivity contribution >= 4 is 35.7 Å². The van der Waals surface area contributed by atoms with Crippen molar-refractivity contribution in [2.75, 3.05) is 62.3 Å². The van der Waals surface area contributed by atoms with Crippen LogP contribution in [0.15, 0.2) is 0 Å². The van der Waals surface area contributed by atoms with Crippen LogP contribution in [0.5, 0.6) is 0 Å². The minimum absolute atomic E-state index is 0.320. The molecule has 2 saturated carbocycles. The average molecular weight is 685 g/mol. The number of alkyl carbamates (subject to hydrolysis) is 2. The van der Waals surface area contributed by atoms with Gasteiger partial charge in [0.1, 0.15) is 11.2 Å². The zero-order valence-corrected chi connectivity index (χ0v) is 31.8. The van der Waals surface area contributed by atoms with E-state index in [1.54, 1.807) is 0 Å². The molecule has 8 nitrogen and oxygen atoms in total. The molecule has 0 aromatic heterocycles. The van der Waals surface area contributed by atoms with Gasteiger partial charge in [-0.15, -0.1) is 0 Å². The van der Waals surface area contributed by atoms with Crippen molar-refractivity contribution < 1.29 is 19.1 Å². The SMILES string of the molecule is CC(C)(C)OC(=O)NCCSCCN1CC(CC2CCCCC2)N(CCSCCNC(=O)OC(C)(C)C)CC1CC1CCCCC1. The highest BCUT2D eigenvalue weighted by atomic mass is 32.2. The molecule has 2 atom stereocenters. The molecule has 0 bridgehead atoms. The normalized spacial score (nSPS) is 22.8. The Hall–Kier alpha value is -0.840. The van der Waals surface area contributed by atoms with Gasteiger partial charge in [0.2, 0.25) is 0 Å². The standard InChI is InChI=1S/C36H68N4O4S2/c1-35(2,3)43-33(41)37-17-21-45-23-19-39-27-32(26-30-15-11-8-12-16-30)40(28-31(39)25-29-13-9-7-10-14-29)20-24-46-22-18-38-34(42)44-36(4,5)6/h29-32H,7-28H2,1-6H3,(H,37,41)(H,38,42). The molecule has 3 rings (SSSR count). The Kier molecular flexibility index (Phi) is 17.8. The molecule has 46 heavy (non-hydrogen) atoms. The maximum Gasteiger partial charge on any atom is 0.407 e. The summed E-state index contributed by atoms with van der Waals surface area (Å²) in [5.41, 5.74) is -0.920. The minimum Gasteiger partial charge on any atom is -0.444 e. The Morgan fingerprint density at radius 3 is 1.33 bits per heavy atom. The number of piperazine rings is 1. The third-order valence-corrected chi connectivity index (χ3v) is 11.4. The number of hydrogen-bond acceptors (Lipinski definition) is 8. The number of ether oxygens (including phenoxy) is 2. The molecule has 0 spiro atoms. The molecule has 0 aromatic carbocycles.